The SMILES string of the molecule is C=C[C@@H]([C@@H](CCC)N[S@@](=O)c1ccc(C)cc1)S(=O)(=O)c1ccccc1. The predicted molar refractivity (Wildman–Crippen MR) is 107 cm³/mol. The van der Waals surface area contributed by atoms with Crippen LogP contribution in [0, 0.1) is 6.92 Å². The molecule has 0 saturated carbocycles. The summed E-state index contributed by atoms with van der Waals surface area (Å²) in [5.74, 6) is 0. The number of nitrogens with one attached hydrogen (secondary N) is 1. The van der Waals surface area contributed by atoms with Gasteiger partial charge in [0.15, 0.2) is 9.84 Å². The first kappa shape index (κ1) is 20.6. The zero-order valence-corrected chi connectivity index (χ0v) is 16.7. The summed E-state index contributed by atoms with van der Waals surface area (Å²) in [5.41, 5.74) is 1.08. The van der Waals surface area contributed by atoms with Crippen LogP contribution in [0.25, 0.3) is 0 Å². The molecule has 0 aliphatic carbocycles. The van der Waals surface area contributed by atoms with Crippen molar-refractivity contribution >= 4 is 20.8 Å². The number of hydrogen-bond donors (Lipinski definition) is 1. The monoisotopic (exact) mass is 391 g/mol. The van der Waals surface area contributed by atoms with Gasteiger partial charge in [0.1, 0.15) is 11.0 Å². The molecule has 0 aliphatic rings. The van der Waals surface area contributed by atoms with Crippen LogP contribution in [0.4, 0.5) is 0 Å². The zero-order valence-electron chi connectivity index (χ0n) is 15.1. The molecular formula is C20H25NO3S2. The fraction of sp³-hybridized carbons (Fsp3) is 0.300. The van der Waals surface area contributed by atoms with E-state index in [1.165, 1.54) is 6.08 Å². The quantitative estimate of drug-likeness (QED) is 0.661. The summed E-state index contributed by atoms with van der Waals surface area (Å²) in [6.45, 7) is 7.66. The standard InChI is InChI=1S/C20H25NO3S2/c1-4-9-19(21-25(22)17-14-12-16(3)13-15-17)20(5-2)26(23,24)18-10-7-6-8-11-18/h5-8,10-15,19-21H,2,4,9H2,1,3H3/t19-,20+,25+/m1/s1. The first-order chi connectivity index (χ1) is 12.4. The maximum absolute atomic E-state index is 13.0. The van der Waals surface area contributed by atoms with Crippen molar-refractivity contribution in [3.05, 3.63) is 72.8 Å². The molecule has 0 aromatic heterocycles. The average Bonchev–Trinajstić information content (AvgIpc) is 2.63. The molecule has 0 radical (unpaired) electrons. The Morgan fingerprint density at radius 3 is 2.27 bits per heavy atom. The van der Waals surface area contributed by atoms with Gasteiger partial charge in [-0.15, -0.1) is 6.58 Å². The van der Waals surface area contributed by atoms with Crippen LogP contribution in [-0.2, 0) is 20.8 Å². The summed E-state index contributed by atoms with van der Waals surface area (Å²) < 4.78 is 41.8. The van der Waals surface area contributed by atoms with Crippen LogP contribution in [0.3, 0.4) is 0 Å². The molecule has 0 saturated heterocycles. The second-order valence-corrected chi connectivity index (χ2v) is 9.50. The van der Waals surface area contributed by atoms with Gasteiger partial charge in [0.05, 0.1) is 15.0 Å². The summed E-state index contributed by atoms with van der Waals surface area (Å²) in [5, 5.41) is -0.862. The predicted octanol–water partition coefficient (Wildman–Crippen LogP) is 3.80. The van der Waals surface area contributed by atoms with E-state index < -0.39 is 32.1 Å². The smallest absolute Gasteiger partial charge is 0.186 e. The molecule has 2 aromatic rings. The molecule has 6 heteroatoms. The van der Waals surface area contributed by atoms with Crippen molar-refractivity contribution in [2.75, 3.05) is 0 Å². The molecule has 140 valence electrons. The Labute approximate surface area is 158 Å². The van der Waals surface area contributed by atoms with Gasteiger partial charge in [0.25, 0.3) is 0 Å². The molecule has 0 heterocycles. The van der Waals surface area contributed by atoms with Crippen molar-refractivity contribution in [2.45, 2.75) is 47.8 Å². The van der Waals surface area contributed by atoms with Crippen LogP contribution in [0.5, 0.6) is 0 Å². The molecule has 1 N–H and O–H groups in total. The Morgan fingerprint density at radius 2 is 1.73 bits per heavy atom. The molecule has 2 rings (SSSR count). The Hall–Kier alpha value is -1.76. The normalized spacial score (nSPS) is 15.2. The number of aryl methyl sites for hydroxylation is 1. The van der Waals surface area contributed by atoms with E-state index in [2.05, 4.69) is 11.3 Å². The van der Waals surface area contributed by atoms with Crippen molar-refractivity contribution in [3.8, 4) is 0 Å². The molecule has 0 unspecified atom stereocenters. The molecule has 3 atom stereocenters. The lowest BCUT2D eigenvalue weighted by atomic mass is 10.1. The molecule has 4 nitrogen and oxygen atoms in total. The lowest BCUT2D eigenvalue weighted by molar-refractivity contribution is 0.531. The third-order valence-corrected chi connectivity index (χ3v) is 7.54. The minimum Gasteiger partial charge on any atom is -0.237 e. The maximum atomic E-state index is 13.0. The molecular weight excluding hydrogens is 366 g/mol. The van der Waals surface area contributed by atoms with Gasteiger partial charge >= 0.3 is 0 Å². The molecule has 0 bridgehead atoms. The molecule has 2 aromatic carbocycles. The highest BCUT2D eigenvalue weighted by atomic mass is 32.2. The van der Waals surface area contributed by atoms with E-state index in [0.29, 0.717) is 11.3 Å². The second kappa shape index (κ2) is 9.26. The first-order valence-electron chi connectivity index (χ1n) is 8.56. The third kappa shape index (κ3) is 4.90. The number of hydrogen-bond acceptors (Lipinski definition) is 3. The summed E-state index contributed by atoms with van der Waals surface area (Å²) in [4.78, 5) is 0.866. The summed E-state index contributed by atoms with van der Waals surface area (Å²) in [7, 11) is -5.12. The molecule has 26 heavy (non-hydrogen) atoms. The topological polar surface area (TPSA) is 63.2 Å². The van der Waals surface area contributed by atoms with Crippen LogP contribution in [0.1, 0.15) is 25.3 Å². The van der Waals surface area contributed by atoms with E-state index in [0.717, 1.165) is 12.0 Å². The van der Waals surface area contributed by atoms with Gasteiger partial charge in [-0.1, -0.05) is 55.3 Å². The lowest BCUT2D eigenvalue weighted by Gasteiger charge is -2.25. The van der Waals surface area contributed by atoms with Gasteiger partial charge in [-0.25, -0.2) is 17.3 Å². The van der Waals surface area contributed by atoms with Crippen LogP contribution < -0.4 is 4.72 Å². The van der Waals surface area contributed by atoms with Crippen LogP contribution in [0.15, 0.2) is 77.0 Å². The minimum absolute atomic E-state index is 0.244. The van der Waals surface area contributed by atoms with Gasteiger partial charge in [-0.2, -0.15) is 0 Å². The summed E-state index contributed by atoms with van der Waals surface area (Å²) >= 11 is 0. The van der Waals surface area contributed by atoms with Gasteiger partial charge in [-0.05, 0) is 37.6 Å². The number of sulfone groups is 1. The summed E-state index contributed by atoms with van der Waals surface area (Å²) in [6, 6.07) is 15.2. The van der Waals surface area contributed by atoms with Crippen LogP contribution in [0.2, 0.25) is 0 Å². The Morgan fingerprint density at radius 1 is 1.12 bits per heavy atom. The van der Waals surface area contributed by atoms with E-state index in [-0.39, 0.29) is 4.90 Å². The zero-order chi connectivity index (χ0) is 19.2. The average molecular weight is 392 g/mol. The highest BCUT2D eigenvalue weighted by Crippen LogP contribution is 2.22. The first-order valence-corrected chi connectivity index (χ1v) is 11.3. The fourth-order valence-corrected chi connectivity index (χ4v) is 5.63. The van der Waals surface area contributed by atoms with E-state index in [9.17, 15) is 12.6 Å². The number of benzene rings is 2. The molecule has 0 amide bonds. The Balaban J connectivity index is 2.30. The van der Waals surface area contributed by atoms with Crippen LogP contribution >= 0.6 is 0 Å². The van der Waals surface area contributed by atoms with Crippen molar-refractivity contribution < 1.29 is 12.6 Å². The largest absolute Gasteiger partial charge is 0.237 e. The van der Waals surface area contributed by atoms with Gasteiger partial charge in [0.2, 0.25) is 0 Å². The number of rotatable bonds is 9. The van der Waals surface area contributed by atoms with Crippen molar-refractivity contribution in [1.29, 1.82) is 0 Å². The van der Waals surface area contributed by atoms with E-state index in [1.807, 2.05) is 26.0 Å². The van der Waals surface area contributed by atoms with Gasteiger partial charge in [0, 0.05) is 6.04 Å². The van der Waals surface area contributed by atoms with E-state index in [4.69, 9.17) is 0 Å². The minimum atomic E-state index is -3.62. The van der Waals surface area contributed by atoms with Crippen LogP contribution in [-0.4, -0.2) is 23.9 Å². The summed E-state index contributed by atoms with van der Waals surface area (Å²) in [6.07, 6.45) is 2.76. The Bertz CT molecular complexity index is 846. The van der Waals surface area contributed by atoms with Crippen molar-refractivity contribution in [1.82, 2.24) is 4.72 Å². The third-order valence-electron chi connectivity index (χ3n) is 4.15. The molecule has 0 fully saturated rings. The lowest BCUT2D eigenvalue weighted by Crippen LogP contribution is -2.43. The van der Waals surface area contributed by atoms with Crippen molar-refractivity contribution in [2.24, 2.45) is 0 Å². The molecule has 0 aliphatic heterocycles. The second-order valence-electron chi connectivity index (χ2n) is 6.15. The highest BCUT2D eigenvalue weighted by molar-refractivity contribution is 7.92. The van der Waals surface area contributed by atoms with Crippen molar-refractivity contribution in [3.63, 3.8) is 0 Å². The van der Waals surface area contributed by atoms with Gasteiger partial charge in [-0.3, -0.25) is 0 Å². The Kier molecular flexibility index (Phi) is 7.32. The molecule has 0 spiro atoms. The highest BCUT2D eigenvalue weighted by Gasteiger charge is 2.33. The van der Waals surface area contributed by atoms with E-state index in [1.54, 1.807) is 42.5 Å². The van der Waals surface area contributed by atoms with Gasteiger partial charge < -0.3 is 0 Å². The fourth-order valence-electron chi connectivity index (χ4n) is 2.74. The van der Waals surface area contributed by atoms with E-state index >= 15 is 0 Å². The maximum Gasteiger partial charge on any atom is 0.186 e.